The second kappa shape index (κ2) is 13.8. The molecule has 0 aromatic heterocycles. The molecule has 0 bridgehead atoms. The van der Waals surface area contributed by atoms with Crippen LogP contribution in [-0.4, -0.2) is 89.2 Å². The highest BCUT2D eigenvalue weighted by molar-refractivity contribution is 7.92. The highest BCUT2D eigenvalue weighted by Gasteiger charge is 2.45. The van der Waals surface area contributed by atoms with Crippen LogP contribution < -0.4 is 20.5 Å². The lowest BCUT2D eigenvalue weighted by atomic mass is 9.88. The van der Waals surface area contributed by atoms with Crippen molar-refractivity contribution in [2.45, 2.75) is 71.4 Å². The molecule has 3 aliphatic rings. The van der Waals surface area contributed by atoms with Crippen LogP contribution in [0, 0.1) is 0 Å². The molecule has 2 atom stereocenters. The van der Waals surface area contributed by atoms with Gasteiger partial charge in [-0.05, 0) is 79.6 Å². The van der Waals surface area contributed by atoms with E-state index in [1.165, 1.54) is 10.4 Å². The van der Waals surface area contributed by atoms with Gasteiger partial charge in [-0.25, -0.2) is 16.8 Å². The Morgan fingerprint density at radius 2 is 1.77 bits per heavy atom. The molecule has 3 fully saturated rings. The van der Waals surface area contributed by atoms with E-state index in [1.807, 2.05) is 24.3 Å². The van der Waals surface area contributed by atoms with E-state index in [0.29, 0.717) is 75.4 Å². The van der Waals surface area contributed by atoms with Gasteiger partial charge in [-0.3, -0.25) is 0 Å². The lowest BCUT2D eigenvalue weighted by molar-refractivity contribution is -0.0312. The largest absolute Gasteiger partial charge is 0.496 e. The van der Waals surface area contributed by atoms with Crippen molar-refractivity contribution in [1.82, 2.24) is 9.62 Å². The fourth-order valence-electron chi connectivity index (χ4n) is 6.37. The molecule has 2 heterocycles. The van der Waals surface area contributed by atoms with Crippen LogP contribution in [0.4, 0.5) is 0 Å². The first-order chi connectivity index (χ1) is 22.5. The van der Waals surface area contributed by atoms with Gasteiger partial charge < -0.3 is 30.4 Å². The summed E-state index contributed by atoms with van der Waals surface area (Å²) in [6.45, 7) is 1.86. The van der Waals surface area contributed by atoms with Gasteiger partial charge in [0.05, 0.1) is 34.4 Å². The number of piperidine rings is 1. The minimum Gasteiger partial charge on any atom is -0.496 e. The molecule has 11 nitrogen and oxygen atoms in total. The zero-order chi connectivity index (χ0) is 33.2. The number of rotatable bonds is 13. The Hall–Kier alpha value is -3.04. The molecule has 1 aliphatic carbocycles. The number of aliphatic hydroxyl groups is 1. The van der Waals surface area contributed by atoms with Crippen molar-refractivity contribution in [3.63, 3.8) is 0 Å². The topological polar surface area (TPSA) is 157 Å². The van der Waals surface area contributed by atoms with Gasteiger partial charge in [0, 0.05) is 37.8 Å². The van der Waals surface area contributed by atoms with E-state index in [0.717, 1.165) is 11.1 Å². The Morgan fingerprint density at radius 1 is 1.02 bits per heavy atom. The third-order valence-corrected chi connectivity index (χ3v) is 13.5. The van der Waals surface area contributed by atoms with Crippen LogP contribution in [0.15, 0.2) is 76.5 Å². The number of sulfonamides is 1. The van der Waals surface area contributed by atoms with Crippen molar-refractivity contribution in [3.05, 3.63) is 72.3 Å². The van der Waals surface area contributed by atoms with Crippen molar-refractivity contribution in [2.75, 3.05) is 40.0 Å². The second-order valence-electron chi connectivity index (χ2n) is 12.7. The smallest absolute Gasteiger partial charge is 0.243 e. The molecule has 0 radical (unpaired) electrons. The summed E-state index contributed by atoms with van der Waals surface area (Å²) in [5.41, 5.74) is 7.84. The molecule has 6 rings (SSSR count). The molecule has 254 valence electrons. The SMILES string of the molecule is COc1ccc(S(=O)(=O)N2CCC3(CC2)C[C@H](NCC(O)COc2cccc(S(=O)(=O)C4CC4)c2)CO3)cc1-c1ccc(CN)cc1. The minimum atomic E-state index is -3.75. The maximum absolute atomic E-state index is 13.7. The van der Waals surface area contributed by atoms with Crippen LogP contribution in [-0.2, 0) is 31.1 Å². The molecule has 1 spiro atoms. The monoisotopic (exact) mass is 685 g/mol. The number of ether oxygens (including phenoxy) is 3. The lowest BCUT2D eigenvalue weighted by Gasteiger charge is -2.38. The third-order valence-electron chi connectivity index (χ3n) is 9.33. The number of methoxy groups -OCH3 is 1. The molecule has 47 heavy (non-hydrogen) atoms. The van der Waals surface area contributed by atoms with E-state index in [9.17, 15) is 21.9 Å². The predicted octanol–water partition coefficient (Wildman–Crippen LogP) is 3.10. The minimum absolute atomic E-state index is 0.00891. The van der Waals surface area contributed by atoms with Crippen LogP contribution in [0.25, 0.3) is 11.1 Å². The van der Waals surface area contributed by atoms with Crippen molar-refractivity contribution >= 4 is 19.9 Å². The summed E-state index contributed by atoms with van der Waals surface area (Å²) >= 11 is 0. The molecule has 3 aromatic carbocycles. The van der Waals surface area contributed by atoms with Gasteiger partial charge in [-0.15, -0.1) is 0 Å². The molecule has 4 N–H and O–H groups in total. The number of nitrogens with one attached hydrogen (secondary N) is 1. The van der Waals surface area contributed by atoms with Crippen LogP contribution in [0.5, 0.6) is 11.5 Å². The Kier molecular flexibility index (Phi) is 9.96. The summed E-state index contributed by atoms with van der Waals surface area (Å²) in [4.78, 5) is 0.464. The van der Waals surface area contributed by atoms with Crippen molar-refractivity contribution < 1.29 is 36.2 Å². The van der Waals surface area contributed by atoms with Crippen LogP contribution in [0.3, 0.4) is 0 Å². The Morgan fingerprint density at radius 3 is 2.45 bits per heavy atom. The second-order valence-corrected chi connectivity index (χ2v) is 16.8. The van der Waals surface area contributed by atoms with Gasteiger partial charge in [0.2, 0.25) is 10.0 Å². The highest BCUT2D eigenvalue weighted by Crippen LogP contribution is 2.39. The molecular formula is C34H43N3O8S2. The Balaban J connectivity index is 0.999. The highest BCUT2D eigenvalue weighted by atomic mass is 32.2. The van der Waals surface area contributed by atoms with E-state index >= 15 is 0 Å². The first-order valence-electron chi connectivity index (χ1n) is 16.0. The molecule has 1 unspecified atom stereocenters. The van der Waals surface area contributed by atoms with Gasteiger partial charge >= 0.3 is 0 Å². The number of nitrogens with two attached hydrogens (primary N) is 1. The number of sulfone groups is 1. The first kappa shape index (κ1) is 33.8. The molecule has 13 heteroatoms. The first-order valence-corrected chi connectivity index (χ1v) is 19.0. The molecule has 0 amide bonds. The number of nitrogens with zero attached hydrogens (tertiary/aromatic N) is 1. The molecule has 2 saturated heterocycles. The number of benzene rings is 3. The van der Waals surface area contributed by atoms with Gasteiger partial charge in [-0.1, -0.05) is 30.3 Å². The van der Waals surface area contributed by atoms with Gasteiger partial charge in [-0.2, -0.15) is 4.31 Å². The van der Waals surface area contributed by atoms with Crippen molar-refractivity contribution in [3.8, 4) is 22.6 Å². The number of hydrogen-bond acceptors (Lipinski definition) is 10. The van der Waals surface area contributed by atoms with Gasteiger partial charge in [0.1, 0.15) is 24.2 Å². The summed E-state index contributed by atoms with van der Waals surface area (Å²) in [7, 11) is -5.50. The summed E-state index contributed by atoms with van der Waals surface area (Å²) in [5, 5.41) is 13.6. The summed E-state index contributed by atoms with van der Waals surface area (Å²) in [6, 6.07) is 19.1. The van der Waals surface area contributed by atoms with Gasteiger partial charge in [0.25, 0.3) is 0 Å². The number of hydrogen-bond donors (Lipinski definition) is 3. The average molecular weight is 686 g/mol. The van der Waals surface area contributed by atoms with E-state index in [-0.39, 0.29) is 34.2 Å². The summed E-state index contributed by atoms with van der Waals surface area (Å²) in [6.07, 6.45) is 2.42. The maximum Gasteiger partial charge on any atom is 0.243 e. The van der Waals surface area contributed by atoms with E-state index in [4.69, 9.17) is 19.9 Å². The molecule has 3 aromatic rings. The average Bonchev–Trinajstić information content (AvgIpc) is 3.89. The fourth-order valence-corrected chi connectivity index (χ4v) is 9.52. The zero-order valence-corrected chi connectivity index (χ0v) is 28.1. The quantitative estimate of drug-likeness (QED) is 0.244. The van der Waals surface area contributed by atoms with Crippen LogP contribution in [0.2, 0.25) is 0 Å². The van der Waals surface area contributed by atoms with Crippen LogP contribution >= 0.6 is 0 Å². The van der Waals surface area contributed by atoms with Crippen molar-refractivity contribution in [1.29, 1.82) is 0 Å². The standard InChI is InChI=1S/C34H43N3O8S2/c1-43-33-12-11-31(18-32(33)25-7-5-24(20-35)6-8-25)47(41,42)37-15-13-34(14-16-37)19-26(22-45-34)36-21-27(38)23-44-28-3-2-4-30(17-28)46(39,40)29-9-10-29/h2-8,11-12,17-18,26-27,29,36,38H,9-10,13-16,19-23,35H2,1H3/t26-,27?/m0/s1. The van der Waals surface area contributed by atoms with Crippen molar-refractivity contribution in [2.24, 2.45) is 5.73 Å². The van der Waals surface area contributed by atoms with E-state index in [2.05, 4.69) is 5.32 Å². The molecule has 2 aliphatic heterocycles. The Bertz CT molecular complexity index is 1770. The summed E-state index contributed by atoms with van der Waals surface area (Å²) in [5.74, 6) is 0.993. The maximum atomic E-state index is 13.7. The fraction of sp³-hybridized carbons (Fsp3) is 0.471. The third kappa shape index (κ3) is 7.51. The predicted molar refractivity (Wildman–Crippen MR) is 178 cm³/mol. The summed E-state index contributed by atoms with van der Waals surface area (Å²) < 4.78 is 71.5. The van der Waals surface area contributed by atoms with E-state index < -0.39 is 31.6 Å². The van der Waals surface area contributed by atoms with E-state index in [1.54, 1.807) is 43.5 Å². The Labute approximate surface area is 277 Å². The molecular weight excluding hydrogens is 643 g/mol. The normalized spacial score (nSPS) is 20.7. The van der Waals surface area contributed by atoms with Gasteiger partial charge in [0.15, 0.2) is 9.84 Å². The number of aliphatic hydroxyl groups excluding tert-OH is 1. The molecule has 1 saturated carbocycles. The lowest BCUT2D eigenvalue weighted by Crippen LogP contribution is -2.47. The zero-order valence-electron chi connectivity index (χ0n) is 26.5. The van der Waals surface area contributed by atoms with Crippen LogP contribution in [0.1, 0.15) is 37.7 Å².